The molecule has 1 heterocycles. The zero-order valence-corrected chi connectivity index (χ0v) is 10.6. The number of nitrogens with one attached hydrogen (secondary N) is 1. The summed E-state index contributed by atoms with van der Waals surface area (Å²) in [7, 11) is 1.55. The monoisotopic (exact) mass is 276 g/mol. The Morgan fingerprint density at radius 3 is 2.65 bits per heavy atom. The highest BCUT2D eigenvalue weighted by Gasteiger charge is 2.12. The van der Waals surface area contributed by atoms with E-state index >= 15 is 0 Å². The molecule has 104 valence electrons. The standard InChI is InChI=1S/C12H12N4O4/c1-20-9-4-2-8(3-5-9)13-12(19)10-6-16(15-14-10)7-11(17)18/h2-6H,7H2,1H3,(H,13,19)(H,17,18). The molecular formula is C12H12N4O4. The second-order valence-corrected chi connectivity index (χ2v) is 3.88. The first-order valence-electron chi connectivity index (χ1n) is 5.66. The highest BCUT2D eigenvalue weighted by Crippen LogP contribution is 2.15. The summed E-state index contributed by atoms with van der Waals surface area (Å²) < 4.78 is 6.08. The van der Waals surface area contributed by atoms with Gasteiger partial charge in [-0.3, -0.25) is 9.59 Å². The van der Waals surface area contributed by atoms with Gasteiger partial charge in [0.25, 0.3) is 5.91 Å². The number of nitrogens with zero attached hydrogens (tertiary/aromatic N) is 3. The minimum absolute atomic E-state index is 0.0436. The van der Waals surface area contributed by atoms with Gasteiger partial charge in [0.05, 0.1) is 13.3 Å². The highest BCUT2D eigenvalue weighted by molar-refractivity contribution is 6.02. The van der Waals surface area contributed by atoms with Crippen LogP contribution in [0.4, 0.5) is 5.69 Å². The van der Waals surface area contributed by atoms with Crippen LogP contribution in [0.25, 0.3) is 0 Å². The molecule has 8 heteroatoms. The largest absolute Gasteiger partial charge is 0.497 e. The van der Waals surface area contributed by atoms with Crippen molar-refractivity contribution in [1.82, 2.24) is 15.0 Å². The Morgan fingerprint density at radius 1 is 1.35 bits per heavy atom. The number of benzene rings is 1. The zero-order chi connectivity index (χ0) is 14.5. The van der Waals surface area contributed by atoms with E-state index in [-0.39, 0.29) is 12.2 Å². The van der Waals surface area contributed by atoms with Gasteiger partial charge in [-0.15, -0.1) is 5.10 Å². The molecule has 20 heavy (non-hydrogen) atoms. The molecule has 1 amide bonds. The predicted octanol–water partition coefficient (Wildman–Crippen LogP) is 0.624. The van der Waals surface area contributed by atoms with Gasteiger partial charge in [-0.25, -0.2) is 4.68 Å². The SMILES string of the molecule is COc1ccc(NC(=O)c2cn(CC(=O)O)nn2)cc1. The quantitative estimate of drug-likeness (QED) is 0.829. The Morgan fingerprint density at radius 2 is 2.05 bits per heavy atom. The first-order chi connectivity index (χ1) is 9.58. The number of carbonyl (C=O) groups excluding carboxylic acids is 1. The molecule has 2 N–H and O–H groups in total. The van der Waals surface area contributed by atoms with Crippen molar-refractivity contribution in [2.45, 2.75) is 6.54 Å². The van der Waals surface area contributed by atoms with Crippen molar-refractivity contribution >= 4 is 17.6 Å². The van der Waals surface area contributed by atoms with Crippen LogP contribution >= 0.6 is 0 Å². The second kappa shape index (κ2) is 5.83. The fraction of sp³-hybridized carbons (Fsp3) is 0.167. The maximum Gasteiger partial charge on any atom is 0.325 e. The van der Waals surface area contributed by atoms with Crippen molar-refractivity contribution in [2.24, 2.45) is 0 Å². The van der Waals surface area contributed by atoms with E-state index in [2.05, 4.69) is 15.6 Å². The number of anilines is 1. The van der Waals surface area contributed by atoms with Gasteiger partial charge in [-0.05, 0) is 24.3 Å². The second-order valence-electron chi connectivity index (χ2n) is 3.88. The summed E-state index contributed by atoms with van der Waals surface area (Å²) >= 11 is 0. The lowest BCUT2D eigenvalue weighted by Gasteiger charge is -2.04. The summed E-state index contributed by atoms with van der Waals surface area (Å²) in [6, 6.07) is 6.77. The summed E-state index contributed by atoms with van der Waals surface area (Å²) in [4.78, 5) is 22.4. The molecule has 2 rings (SSSR count). The average molecular weight is 276 g/mol. The zero-order valence-electron chi connectivity index (χ0n) is 10.6. The van der Waals surface area contributed by atoms with Crippen LogP contribution in [0.5, 0.6) is 5.75 Å². The number of methoxy groups -OCH3 is 1. The van der Waals surface area contributed by atoms with Gasteiger partial charge in [-0.1, -0.05) is 5.21 Å². The van der Waals surface area contributed by atoms with Crippen molar-refractivity contribution in [3.8, 4) is 5.75 Å². The van der Waals surface area contributed by atoms with Crippen LogP contribution in [0.2, 0.25) is 0 Å². The van der Waals surface area contributed by atoms with Gasteiger partial charge >= 0.3 is 5.97 Å². The molecule has 8 nitrogen and oxygen atoms in total. The third-order valence-electron chi connectivity index (χ3n) is 2.42. The molecule has 0 atom stereocenters. The molecule has 1 aromatic heterocycles. The molecular weight excluding hydrogens is 264 g/mol. The average Bonchev–Trinajstić information content (AvgIpc) is 2.87. The van der Waals surface area contributed by atoms with E-state index in [0.717, 1.165) is 4.68 Å². The van der Waals surface area contributed by atoms with Crippen LogP contribution in [0.1, 0.15) is 10.5 Å². The summed E-state index contributed by atoms with van der Waals surface area (Å²) in [5.74, 6) is -0.848. The lowest BCUT2D eigenvalue weighted by molar-refractivity contribution is -0.137. The van der Waals surface area contributed by atoms with Gasteiger partial charge in [0.2, 0.25) is 0 Å². The number of carboxylic acids is 1. The van der Waals surface area contributed by atoms with Crippen molar-refractivity contribution in [3.05, 3.63) is 36.2 Å². The number of hydrogen-bond acceptors (Lipinski definition) is 5. The molecule has 0 aliphatic rings. The summed E-state index contributed by atoms with van der Waals surface area (Å²) in [6.45, 7) is -0.344. The maximum atomic E-state index is 11.9. The number of carboxylic acid groups (broad SMARTS) is 1. The van der Waals surface area contributed by atoms with Gasteiger partial charge in [0.15, 0.2) is 5.69 Å². The van der Waals surface area contributed by atoms with E-state index in [9.17, 15) is 9.59 Å². The number of amides is 1. The van der Waals surface area contributed by atoms with E-state index in [1.807, 2.05) is 0 Å². The molecule has 0 fully saturated rings. The Labute approximate surface area is 114 Å². The van der Waals surface area contributed by atoms with Crippen molar-refractivity contribution in [3.63, 3.8) is 0 Å². The molecule has 0 aliphatic carbocycles. The first kappa shape index (κ1) is 13.5. The maximum absolute atomic E-state index is 11.9. The topological polar surface area (TPSA) is 106 Å². The number of aromatic nitrogens is 3. The summed E-state index contributed by atoms with van der Waals surface area (Å²) in [5, 5.41) is 18.4. The van der Waals surface area contributed by atoms with Gasteiger partial charge in [0, 0.05) is 5.69 Å². The van der Waals surface area contributed by atoms with Crippen LogP contribution in [-0.2, 0) is 11.3 Å². The van der Waals surface area contributed by atoms with Crippen LogP contribution in [0.3, 0.4) is 0 Å². The van der Waals surface area contributed by atoms with Crippen LogP contribution < -0.4 is 10.1 Å². The molecule has 0 saturated carbocycles. The number of rotatable bonds is 5. The molecule has 2 aromatic rings. The van der Waals surface area contributed by atoms with Gasteiger partial charge in [0.1, 0.15) is 12.3 Å². The van der Waals surface area contributed by atoms with Crippen LogP contribution in [0.15, 0.2) is 30.5 Å². The van der Waals surface area contributed by atoms with Crippen LogP contribution in [-0.4, -0.2) is 39.1 Å². The predicted molar refractivity (Wildman–Crippen MR) is 68.6 cm³/mol. The van der Waals surface area contributed by atoms with Gasteiger partial charge < -0.3 is 15.2 Å². The Kier molecular flexibility index (Phi) is 3.94. The van der Waals surface area contributed by atoms with E-state index in [1.54, 1.807) is 31.4 Å². The Balaban J connectivity index is 2.03. The van der Waals surface area contributed by atoms with Crippen LogP contribution in [0, 0.1) is 0 Å². The smallest absolute Gasteiger partial charge is 0.325 e. The lowest BCUT2D eigenvalue weighted by atomic mass is 10.3. The van der Waals surface area contributed by atoms with E-state index in [4.69, 9.17) is 9.84 Å². The summed E-state index contributed by atoms with van der Waals surface area (Å²) in [5.41, 5.74) is 0.616. The number of aliphatic carboxylic acids is 1. The van der Waals surface area contributed by atoms with Gasteiger partial charge in [-0.2, -0.15) is 0 Å². The minimum Gasteiger partial charge on any atom is -0.497 e. The lowest BCUT2D eigenvalue weighted by Crippen LogP contribution is -2.12. The first-order valence-corrected chi connectivity index (χ1v) is 5.66. The highest BCUT2D eigenvalue weighted by atomic mass is 16.5. The molecule has 0 unspecified atom stereocenters. The van der Waals surface area contributed by atoms with E-state index in [1.165, 1.54) is 6.20 Å². The third kappa shape index (κ3) is 3.31. The molecule has 0 saturated heterocycles. The molecule has 0 bridgehead atoms. The van der Waals surface area contributed by atoms with Crippen molar-refractivity contribution in [2.75, 3.05) is 12.4 Å². The summed E-state index contributed by atoms with van der Waals surface area (Å²) in [6.07, 6.45) is 1.27. The van der Waals surface area contributed by atoms with Crippen molar-refractivity contribution < 1.29 is 19.4 Å². The molecule has 0 radical (unpaired) electrons. The normalized spacial score (nSPS) is 10.1. The minimum atomic E-state index is -1.06. The van der Waals surface area contributed by atoms with E-state index < -0.39 is 11.9 Å². The fourth-order valence-corrected chi connectivity index (χ4v) is 1.49. The molecule has 0 spiro atoms. The third-order valence-corrected chi connectivity index (χ3v) is 2.42. The molecule has 0 aliphatic heterocycles. The number of ether oxygens (including phenoxy) is 1. The Bertz CT molecular complexity index is 621. The number of carbonyl (C=O) groups is 2. The molecule has 1 aromatic carbocycles. The number of hydrogen-bond donors (Lipinski definition) is 2. The van der Waals surface area contributed by atoms with E-state index in [0.29, 0.717) is 11.4 Å². The Hall–Kier alpha value is -2.90. The fourth-order valence-electron chi connectivity index (χ4n) is 1.49. The van der Waals surface area contributed by atoms with Crippen molar-refractivity contribution in [1.29, 1.82) is 0 Å².